The van der Waals surface area contributed by atoms with Gasteiger partial charge in [0.25, 0.3) is 5.91 Å². The Hall–Kier alpha value is -2.34. The van der Waals surface area contributed by atoms with Crippen molar-refractivity contribution in [1.82, 2.24) is 10.1 Å². The lowest BCUT2D eigenvalue weighted by molar-refractivity contribution is 0.0498. The Morgan fingerprint density at radius 1 is 1.28 bits per heavy atom. The van der Waals surface area contributed by atoms with Crippen molar-refractivity contribution in [2.75, 3.05) is 13.2 Å². The van der Waals surface area contributed by atoms with Crippen LogP contribution < -0.4 is 0 Å². The second kappa shape index (κ2) is 6.88. The van der Waals surface area contributed by atoms with Gasteiger partial charge in [-0.2, -0.15) is 0 Å². The number of aromatic hydroxyl groups is 1. The van der Waals surface area contributed by atoms with Gasteiger partial charge >= 0.3 is 0 Å². The Morgan fingerprint density at radius 2 is 2.12 bits per heavy atom. The average Bonchev–Trinajstić information content (AvgIpc) is 3.13. The number of benzene rings is 1. The second-order valence-electron chi connectivity index (χ2n) is 6.84. The first kappa shape index (κ1) is 16.1. The van der Waals surface area contributed by atoms with Crippen molar-refractivity contribution in [2.24, 2.45) is 0 Å². The van der Waals surface area contributed by atoms with Crippen molar-refractivity contribution in [2.45, 2.75) is 44.2 Å². The highest BCUT2D eigenvalue weighted by molar-refractivity contribution is 5.92. The molecule has 1 atom stereocenters. The smallest absolute Gasteiger partial charge is 0.276 e. The van der Waals surface area contributed by atoms with Crippen LogP contribution in [-0.2, 0) is 11.3 Å². The molecule has 2 aromatic rings. The quantitative estimate of drug-likeness (QED) is 0.873. The van der Waals surface area contributed by atoms with E-state index in [2.05, 4.69) is 5.16 Å². The molecule has 2 fully saturated rings. The standard InChI is InChI=1S/C19H22N2O4/c22-17-6-2-1-4-14(17)11-21(12-15-5-3-9-24-15)19(23)16-10-18(25-20-16)13-7-8-13/h1-2,4,6,10,13,15,22H,3,5,7-9,11-12H2. The molecule has 1 saturated carbocycles. The number of hydrogen-bond acceptors (Lipinski definition) is 5. The molecule has 2 heterocycles. The van der Waals surface area contributed by atoms with E-state index >= 15 is 0 Å². The van der Waals surface area contributed by atoms with Crippen molar-refractivity contribution >= 4 is 5.91 Å². The average molecular weight is 342 g/mol. The van der Waals surface area contributed by atoms with Crippen LogP contribution in [0.2, 0.25) is 0 Å². The lowest BCUT2D eigenvalue weighted by atomic mass is 10.1. The third kappa shape index (κ3) is 3.69. The first-order chi connectivity index (χ1) is 12.2. The summed E-state index contributed by atoms with van der Waals surface area (Å²) in [5.74, 6) is 1.21. The minimum absolute atomic E-state index is 0.0320. The van der Waals surface area contributed by atoms with E-state index in [4.69, 9.17) is 9.26 Å². The molecular formula is C19H22N2O4. The zero-order chi connectivity index (χ0) is 17.2. The van der Waals surface area contributed by atoms with Gasteiger partial charge in [-0.25, -0.2) is 0 Å². The molecule has 4 rings (SSSR count). The molecule has 1 amide bonds. The Kier molecular flexibility index (Phi) is 4.44. The van der Waals surface area contributed by atoms with Crippen molar-refractivity contribution in [3.8, 4) is 5.75 Å². The maximum Gasteiger partial charge on any atom is 0.276 e. The summed E-state index contributed by atoms with van der Waals surface area (Å²) >= 11 is 0. The molecule has 1 unspecified atom stereocenters. The topological polar surface area (TPSA) is 75.8 Å². The Bertz CT molecular complexity index is 747. The molecule has 132 valence electrons. The minimum atomic E-state index is -0.186. The van der Waals surface area contributed by atoms with Crippen LogP contribution in [0.1, 0.15) is 53.4 Å². The van der Waals surface area contributed by atoms with Crippen LogP contribution in [0.3, 0.4) is 0 Å². The zero-order valence-corrected chi connectivity index (χ0v) is 14.1. The SMILES string of the molecule is O=C(c1cc(C2CC2)on1)N(Cc1ccccc1O)CC1CCCO1. The Labute approximate surface area is 146 Å². The molecule has 0 bridgehead atoms. The molecule has 1 aromatic heterocycles. The van der Waals surface area contributed by atoms with Crippen molar-refractivity contribution in [1.29, 1.82) is 0 Å². The number of aromatic nitrogens is 1. The molecule has 0 radical (unpaired) electrons. The second-order valence-corrected chi connectivity index (χ2v) is 6.84. The van der Waals surface area contributed by atoms with Crippen LogP contribution in [0.5, 0.6) is 5.75 Å². The van der Waals surface area contributed by atoms with Gasteiger partial charge in [0, 0.05) is 37.2 Å². The van der Waals surface area contributed by atoms with Gasteiger partial charge in [0.15, 0.2) is 5.69 Å². The van der Waals surface area contributed by atoms with Gasteiger partial charge in [-0.05, 0) is 31.7 Å². The Morgan fingerprint density at radius 3 is 2.84 bits per heavy atom. The number of rotatable bonds is 6. The minimum Gasteiger partial charge on any atom is -0.508 e. The predicted molar refractivity (Wildman–Crippen MR) is 90.3 cm³/mol. The highest BCUT2D eigenvalue weighted by Crippen LogP contribution is 2.40. The molecule has 0 spiro atoms. The van der Waals surface area contributed by atoms with Gasteiger partial charge in [0.05, 0.1) is 6.10 Å². The van der Waals surface area contributed by atoms with E-state index in [1.807, 2.05) is 12.1 Å². The number of carbonyl (C=O) groups is 1. The fraction of sp³-hybridized carbons (Fsp3) is 0.474. The van der Waals surface area contributed by atoms with Gasteiger partial charge < -0.3 is 19.3 Å². The van der Waals surface area contributed by atoms with Gasteiger partial charge in [-0.1, -0.05) is 23.4 Å². The Balaban J connectivity index is 1.54. The largest absolute Gasteiger partial charge is 0.508 e. The van der Waals surface area contributed by atoms with Crippen molar-refractivity contribution in [3.05, 3.63) is 47.3 Å². The molecule has 1 N–H and O–H groups in total. The molecule has 2 aliphatic rings. The van der Waals surface area contributed by atoms with E-state index in [1.54, 1.807) is 23.1 Å². The summed E-state index contributed by atoms with van der Waals surface area (Å²) in [6.45, 7) is 1.54. The van der Waals surface area contributed by atoms with Crippen LogP contribution in [0, 0.1) is 0 Å². The fourth-order valence-corrected chi connectivity index (χ4v) is 3.22. The maximum absolute atomic E-state index is 13.0. The lowest BCUT2D eigenvalue weighted by Crippen LogP contribution is -2.37. The van der Waals surface area contributed by atoms with Crippen LogP contribution >= 0.6 is 0 Å². The number of phenols is 1. The number of ether oxygens (including phenoxy) is 1. The highest BCUT2D eigenvalue weighted by Gasteiger charge is 2.31. The third-order valence-electron chi connectivity index (χ3n) is 4.82. The number of amides is 1. The molecule has 1 aromatic carbocycles. The molecule has 6 nitrogen and oxygen atoms in total. The summed E-state index contributed by atoms with van der Waals surface area (Å²) in [7, 11) is 0. The van der Waals surface area contributed by atoms with Crippen LogP contribution in [0.15, 0.2) is 34.9 Å². The number of hydrogen-bond donors (Lipinski definition) is 1. The highest BCUT2D eigenvalue weighted by atomic mass is 16.5. The normalized spacial score (nSPS) is 19.9. The number of phenolic OH excluding ortho intramolecular Hbond substituents is 1. The molecule has 25 heavy (non-hydrogen) atoms. The number of carbonyl (C=O) groups excluding carboxylic acids is 1. The van der Waals surface area contributed by atoms with Gasteiger partial charge in [-0.3, -0.25) is 4.79 Å². The zero-order valence-electron chi connectivity index (χ0n) is 14.1. The summed E-state index contributed by atoms with van der Waals surface area (Å²) in [6.07, 6.45) is 4.18. The summed E-state index contributed by atoms with van der Waals surface area (Å²) in [6, 6.07) is 8.83. The summed E-state index contributed by atoms with van der Waals surface area (Å²) in [5, 5.41) is 14.0. The third-order valence-corrected chi connectivity index (χ3v) is 4.82. The van der Waals surface area contributed by atoms with E-state index < -0.39 is 0 Å². The van der Waals surface area contributed by atoms with E-state index in [9.17, 15) is 9.90 Å². The van der Waals surface area contributed by atoms with Gasteiger partial charge in [0.2, 0.25) is 0 Å². The van der Waals surface area contributed by atoms with Crippen molar-refractivity contribution in [3.63, 3.8) is 0 Å². The molecule has 6 heteroatoms. The first-order valence-electron chi connectivity index (χ1n) is 8.85. The first-order valence-corrected chi connectivity index (χ1v) is 8.85. The predicted octanol–water partition coefficient (Wildman–Crippen LogP) is 3.08. The summed E-state index contributed by atoms with van der Waals surface area (Å²) in [5.41, 5.74) is 1.04. The summed E-state index contributed by atoms with van der Waals surface area (Å²) in [4.78, 5) is 14.7. The molecule has 1 saturated heterocycles. The molecular weight excluding hydrogens is 320 g/mol. The number of nitrogens with zero attached hydrogens (tertiary/aromatic N) is 2. The number of para-hydroxylation sites is 1. The molecule has 1 aliphatic carbocycles. The van der Waals surface area contributed by atoms with E-state index in [1.165, 1.54) is 0 Å². The van der Waals surface area contributed by atoms with E-state index in [-0.39, 0.29) is 17.8 Å². The van der Waals surface area contributed by atoms with Gasteiger partial charge in [-0.15, -0.1) is 0 Å². The van der Waals surface area contributed by atoms with E-state index in [0.717, 1.165) is 38.1 Å². The van der Waals surface area contributed by atoms with Crippen LogP contribution in [0.4, 0.5) is 0 Å². The fourth-order valence-electron chi connectivity index (χ4n) is 3.22. The summed E-state index contributed by atoms with van der Waals surface area (Å²) < 4.78 is 11.0. The van der Waals surface area contributed by atoms with Crippen LogP contribution in [-0.4, -0.2) is 40.3 Å². The molecule has 1 aliphatic heterocycles. The van der Waals surface area contributed by atoms with Crippen LogP contribution in [0.25, 0.3) is 0 Å². The lowest BCUT2D eigenvalue weighted by Gasteiger charge is -2.25. The van der Waals surface area contributed by atoms with Gasteiger partial charge in [0.1, 0.15) is 11.5 Å². The van der Waals surface area contributed by atoms with E-state index in [0.29, 0.717) is 30.3 Å². The maximum atomic E-state index is 13.0. The monoisotopic (exact) mass is 342 g/mol. The van der Waals surface area contributed by atoms with Crippen molar-refractivity contribution < 1.29 is 19.2 Å².